The minimum atomic E-state index is 0.713. The molecule has 0 atom stereocenters. The van der Waals surface area contributed by atoms with E-state index in [1.165, 1.54) is 0 Å². The van der Waals surface area contributed by atoms with Gasteiger partial charge in [-0.2, -0.15) is 10.2 Å². The zero-order valence-electron chi connectivity index (χ0n) is 9.65. The fourth-order valence-corrected chi connectivity index (χ4v) is 1.73. The molecule has 4 nitrogen and oxygen atoms in total. The van der Waals surface area contributed by atoms with E-state index in [4.69, 9.17) is 9.47 Å². The molecule has 0 aliphatic rings. The molecule has 0 radical (unpaired) electrons. The second-order valence-corrected chi connectivity index (χ2v) is 3.44. The molecule has 0 amide bonds. The number of ether oxygens (including phenoxy) is 2. The molecule has 1 heterocycles. The third kappa shape index (κ3) is 1.66. The van der Waals surface area contributed by atoms with Crippen LogP contribution in [0.5, 0.6) is 11.5 Å². The summed E-state index contributed by atoms with van der Waals surface area (Å²) >= 11 is 0. The fourth-order valence-electron chi connectivity index (χ4n) is 1.73. The van der Waals surface area contributed by atoms with Crippen LogP contribution in [0.1, 0.15) is 12.6 Å². The summed E-state index contributed by atoms with van der Waals surface area (Å²) in [5.74, 6) is 1.43. The molecule has 2 aromatic rings. The van der Waals surface area contributed by atoms with Gasteiger partial charge in [-0.05, 0) is 18.6 Å². The quantitative estimate of drug-likeness (QED) is 0.792. The molecule has 4 heteroatoms. The van der Waals surface area contributed by atoms with Crippen molar-refractivity contribution in [3.05, 3.63) is 24.0 Å². The molecule has 0 spiro atoms. The normalized spacial score (nSPS) is 10.4. The second-order valence-electron chi connectivity index (χ2n) is 3.44. The first-order valence-electron chi connectivity index (χ1n) is 5.16. The van der Waals surface area contributed by atoms with E-state index >= 15 is 0 Å². The molecular formula is C12H14N2O2. The van der Waals surface area contributed by atoms with Gasteiger partial charge in [0.05, 0.1) is 26.1 Å². The molecule has 0 fully saturated rings. The van der Waals surface area contributed by atoms with Crippen LogP contribution in [0.15, 0.2) is 18.3 Å². The monoisotopic (exact) mass is 218 g/mol. The van der Waals surface area contributed by atoms with Crippen molar-refractivity contribution in [2.24, 2.45) is 0 Å². The Balaban J connectivity index is 2.72. The van der Waals surface area contributed by atoms with E-state index in [0.29, 0.717) is 5.75 Å². The van der Waals surface area contributed by atoms with Gasteiger partial charge in [0.2, 0.25) is 0 Å². The predicted molar refractivity (Wildman–Crippen MR) is 62.0 cm³/mol. The maximum absolute atomic E-state index is 5.27. The lowest BCUT2D eigenvalue weighted by molar-refractivity contribution is 0.356. The van der Waals surface area contributed by atoms with E-state index in [1.807, 2.05) is 12.1 Å². The lowest BCUT2D eigenvalue weighted by atomic mass is 10.1. The van der Waals surface area contributed by atoms with E-state index < -0.39 is 0 Å². The highest BCUT2D eigenvalue weighted by atomic mass is 16.5. The third-order valence-electron chi connectivity index (χ3n) is 2.58. The number of rotatable bonds is 3. The predicted octanol–water partition coefficient (Wildman–Crippen LogP) is 2.21. The Morgan fingerprint density at radius 3 is 2.44 bits per heavy atom. The van der Waals surface area contributed by atoms with Gasteiger partial charge in [-0.3, -0.25) is 0 Å². The van der Waals surface area contributed by atoms with Gasteiger partial charge in [0.1, 0.15) is 0 Å². The molecule has 0 N–H and O–H groups in total. The maximum atomic E-state index is 5.27. The minimum Gasteiger partial charge on any atom is -0.493 e. The summed E-state index contributed by atoms with van der Waals surface area (Å²) in [7, 11) is 3.25. The van der Waals surface area contributed by atoms with Crippen molar-refractivity contribution < 1.29 is 9.47 Å². The van der Waals surface area contributed by atoms with Gasteiger partial charge in [-0.1, -0.05) is 6.92 Å². The summed E-state index contributed by atoms with van der Waals surface area (Å²) < 4.78 is 10.5. The zero-order chi connectivity index (χ0) is 11.5. The highest BCUT2D eigenvalue weighted by molar-refractivity contribution is 5.87. The lowest BCUT2D eigenvalue weighted by Gasteiger charge is -2.10. The van der Waals surface area contributed by atoms with Crippen molar-refractivity contribution in [2.75, 3.05) is 14.2 Å². The Morgan fingerprint density at radius 1 is 1.12 bits per heavy atom. The average molecular weight is 218 g/mol. The van der Waals surface area contributed by atoms with Gasteiger partial charge in [-0.15, -0.1) is 0 Å². The van der Waals surface area contributed by atoms with E-state index in [1.54, 1.807) is 20.4 Å². The molecule has 0 aliphatic carbocycles. The van der Waals surface area contributed by atoms with E-state index in [-0.39, 0.29) is 0 Å². The van der Waals surface area contributed by atoms with Crippen LogP contribution in [-0.4, -0.2) is 24.4 Å². The van der Waals surface area contributed by atoms with Crippen molar-refractivity contribution in [3.63, 3.8) is 0 Å². The third-order valence-corrected chi connectivity index (χ3v) is 2.58. The summed E-state index contributed by atoms with van der Waals surface area (Å²) in [4.78, 5) is 0. The molecule has 16 heavy (non-hydrogen) atoms. The second kappa shape index (κ2) is 4.35. The van der Waals surface area contributed by atoms with Crippen molar-refractivity contribution >= 4 is 10.8 Å². The van der Waals surface area contributed by atoms with Crippen LogP contribution in [0, 0.1) is 0 Å². The number of nitrogens with zero attached hydrogens (tertiary/aromatic N) is 2. The summed E-state index contributed by atoms with van der Waals surface area (Å²) in [6.07, 6.45) is 2.58. The molecule has 1 aromatic carbocycles. The summed E-state index contributed by atoms with van der Waals surface area (Å²) in [5, 5.41) is 10.2. The van der Waals surface area contributed by atoms with Crippen LogP contribution >= 0.6 is 0 Å². The molecule has 0 aliphatic heterocycles. The van der Waals surface area contributed by atoms with Gasteiger partial charge < -0.3 is 9.47 Å². The highest BCUT2D eigenvalue weighted by Gasteiger charge is 2.09. The molecule has 2 rings (SSSR count). The molecule has 0 saturated heterocycles. The van der Waals surface area contributed by atoms with Crippen molar-refractivity contribution in [3.8, 4) is 11.5 Å². The Morgan fingerprint density at radius 2 is 1.81 bits per heavy atom. The largest absolute Gasteiger partial charge is 0.493 e. The van der Waals surface area contributed by atoms with Crippen LogP contribution in [0.2, 0.25) is 0 Å². The SMILES string of the molecule is CCc1nncc2cc(OC)c(OC)cc12. The smallest absolute Gasteiger partial charge is 0.161 e. The van der Waals surface area contributed by atoms with Gasteiger partial charge in [0, 0.05) is 10.8 Å². The molecule has 0 saturated carbocycles. The van der Waals surface area contributed by atoms with E-state index in [9.17, 15) is 0 Å². The van der Waals surface area contributed by atoms with Crippen molar-refractivity contribution in [2.45, 2.75) is 13.3 Å². The number of benzene rings is 1. The van der Waals surface area contributed by atoms with Crippen molar-refractivity contribution in [1.82, 2.24) is 10.2 Å². The number of aromatic nitrogens is 2. The number of aryl methyl sites for hydroxylation is 1. The molecule has 0 unspecified atom stereocenters. The summed E-state index contributed by atoms with van der Waals surface area (Å²) in [6.45, 7) is 2.06. The molecule has 1 aromatic heterocycles. The Bertz CT molecular complexity index is 512. The Labute approximate surface area is 94.2 Å². The number of hydrogen-bond acceptors (Lipinski definition) is 4. The Hall–Kier alpha value is -1.84. The first-order valence-corrected chi connectivity index (χ1v) is 5.16. The zero-order valence-corrected chi connectivity index (χ0v) is 9.65. The van der Waals surface area contributed by atoms with Crippen LogP contribution in [0.4, 0.5) is 0 Å². The summed E-state index contributed by atoms with van der Waals surface area (Å²) in [5.41, 5.74) is 0.971. The Kier molecular flexibility index (Phi) is 2.90. The van der Waals surface area contributed by atoms with Gasteiger partial charge in [0.25, 0.3) is 0 Å². The molecule has 0 bridgehead atoms. The van der Waals surface area contributed by atoms with Gasteiger partial charge in [-0.25, -0.2) is 0 Å². The summed E-state index contributed by atoms with van der Waals surface area (Å²) in [6, 6.07) is 3.86. The van der Waals surface area contributed by atoms with Gasteiger partial charge in [0.15, 0.2) is 11.5 Å². The maximum Gasteiger partial charge on any atom is 0.161 e. The molecule has 84 valence electrons. The number of methoxy groups -OCH3 is 2. The standard InChI is InChI=1S/C12H14N2O2/c1-4-10-9-6-12(16-3)11(15-2)5-8(9)7-13-14-10/h5-7H,4H2,1-3H3. The van der Waals surface area contributed by atoms with Crippen LogP contribution < -0.4 is 9.47 Å². The fraction of sp³-hybridized carbons (Fsp3) is 0.333. The lowest BCUT2D eigenvalue weighted by Crippen LogP contribution is -1.95. The van der Waals surface area contributed by atoms with E-state index in [2.05, 4.69) is 17.1 Å². The van der Waals surface area contributed by atoms with Crippen LogP contribution in [0.3, 0.4) is 0 Å². The first-order chi connectivity index (χ1) is 7.80. The number of fused-ring (bicyclic) bond motifs is 1. The van der Waals surface area contributed by atoms with Gasteiger partial charge >= 0.3 is 0 Å². The van der Waals surface area contributed by atoms with Crippen molar-refractivity contribution in [1.29, 1.82) is 0 Å². The highest BCUT2D eigenvalue weighted by Crippen LogP contribution is 2.32. The minimum absolute atomic E-state index is 0.713. The first kappa shape index (κ1) is 10.7. The number of hydrogen-bond donors (Lipinski definition) is 0. The average Bonchev–Trinajstić information content (AvgIpc) is 2.36. The van der Waals surface area contributed by atoms with Crippen LogP contribution in [-0.2, 0) is 6.42 Å². The molecular weight excluding hydrogens is 204 g/mol. The van der Waals surface area contributed by atoms with E-state index in [0.717, 1.165) is 28.6 Å². The topological polar surface area (TPSA) is 44.2 Å². The van der Waals surface area contributed by atoms with Crippen LogP contribution in [0.25, 0.3) is 10.8 Å².